The molecule has 0 heterocycles. The molecule has 2 atom stereocenters. The van der Waals surface area contributed by atoms with Gasteiger partial charge in [-0.15, -0.1) is 0 Å². The highest BCUT2D eigenvalue weighted by Crippen LogP contribution is 2.25. The molecular formula is C14H22BrNO. The minimum absolute atomic E-state index is 0.0140. The van der Waals surface area contributed by atoms with Crippen LogP contribution in [0.25, 0.3) is 0 Å². The number of ether oxygens (including phenoxy) is 1. The van der Waals surface area contributed by atoms with Gasteiger partial charge in [0.25, 0.3) is 0 Å². The number of benzene rings is 1. The molecular weight excluding hydrogens is 278 g/mol. The smallest absolute Gasteiger partial charge is 0.0976 e. The molecule has 0 fully saturated rings. The molecule has 2 nitrogen and oxygen atoms in total. The van der Waals surface area contributed by atoms with Crippen LogP contribution in [0, 0.1) is 5.92 Å². The summed E-state index contributed by atoms with van der Waals surface area (Å²) >= 11 is 3.49. The van der Waals surface area contributed by atoms with Crippen molar-refractivity contribution in [1.29, 1.82) is 0 Å². The third-order valence-corrected chi connectivity index (χ3v) is 3.14. The van der Waals surface area contributed by atoms with Gasteiger partial charge in [-0.05, 0) is 30.0 Å². The zero-order valence-electron chi connectivity index (χ0n) is 10.8. The average Bonchev–Trinajstić information content (AvgIpc) is 2.28. The molecule has 0 saturated heterocycles. The number of hydrogen-bond donors (Lipinski definition) is 1. The quantitative estimate of drug-likeness (QED) is 0.864. The summed E-state index contributed by atoms with van der Waals surface area (Å²) in [6, 6.07) is 8.24. The van der Waals surface area contributed by atoms with Gasteiger partial charge in [0.1, 0.15) is 0 Å². The third-order valence-electron chi connectivity index (χ3n) is 2.65. The topological polar surface area (TPSA) is 35.2 Å². The average molecular weight is 300 g/mol. The van der Waals surface area contributed by atoms with Gasteiger partial charge in [0, 0.05) is 17.1 Å². The molecule has 3 heteroatoms. The van der Waals surface area contributed by atoms with Crippen LogP contribution in [0.3, 0.4) is 0 Å². The summed E-state index contributed by atoms with van der Waals surface area (Å²) in [4.78, 5) is 0. The van der Waals surface area contributed by atoms with Crippen molar-refractivity contribution >= 4 is 15.9 Å². The first-order valence-corrected chi connectivity index (χ1v) is 6.96. The van der Waals surface area contributed by atoms with Crippen molar-refractivity contribution in [3.63, 3.8) is 0 Å². The molecule has 0 amide bonds. The van der Waals surface area contributed by atoms with Gasteiger partial charge in [-0.3, -0.25) is 0 Å². The summed E-state index contributed by atoms with van der Waals surface area (Å²) in [6.45, 7) is 7.13. The van der Waals surface area contributed by atoms with Crippen LogP contribution in [-0.4, -0.2) is 12.6 Å². The molecule has 2 N–H and O–H groups in total. The molecule has 2 unspecified atom stereocenters. The number of nitrogens with two attached hydrogens (primary N) is 1. The first kappa shape index (κ1) is 14.7. The minimum Gasteiger partial charge on any atom is -0.372 e. The Bertz CT molecular complexity index is 341. The van der Waals surface area contributed by atoms with E-state index in [4.69, 9.17) is 10.5 Å². The van der Waals surface area contributed by atoms with Crippen LogP contribution in [0.15, 0.2) is 28.7 Å². The summed E-state index contributed by atoms with van der Waals surface area (Å²) in [6.07, 6.45) is 0.898. The van der Waals surface area contributed by atoms with E-state index in [-0.39, 0.29) is 12.1 Å². The molecule has 1 aromatic carbocycles. The van der Waals surface area contributed by atoms with Crippen molar-refractivity contribution in [2.45, 2.75) is 39.3 Å². The predicted molar refractivity (Wildman–Crippen MR) is 75.9 cm³/mol. The van der Waals surface area contributed by atoms with Crippen LogP contribution in [0.1, 0.15) is 38.9 Å². The monoisotopic (exact) mass is 299 g/mol. The fraction of sp³-hybridized carbons (Fsp3) is 0.571. The molecule has 0 spiro atoms. The maximum absolute atomic E-state index is 6.15. The second kappa shape index (κ2) is 7.14. The first-order valence-electron chi connectivity index (χ1n) is 6.17. The van der Waals surface area contributed by atoms with E-state index in [1.807, 2.05) is 12.1 Å². The predicted octanol–water partition coefficient (Wildman–Crippen LogP) is 3.90. The Morgan fingerprint density at radius 2 is 2.06 bits per heavy atom. The van der Waals surface area contributed by atoms with E-state index in [0.29, 0.717) is 5.92 Å². The van der Waals surface area contributed by atoms with Gasteiger partial charge in [0.2, 0.25) is 0 Å². The second-order valence-corrected chi connectivity index (χ2v) is 5.69. The zero-order chi connectivity index (χ0) is 12.8. The summed E-state index contributed by atoms with van der Waals surface area (Å²) in [5.74, 6) is 0.522. The third kappa shape index (κ3) is 4.78. The van der Waals surface area contributed by atoms with Gasteiger partial charge in [-0.25, -0.2) is 0 Å². The van der Waals surface area contributed by atoms with Crippen LogP contribution in [-0.2, 0) is 4.74 Å². The van der Waals surface area contributed by atoms with Crippen LogP contribution in [0.5, 0.6) is 0 Å². The Kier molecular flexibility index (Phi) is 6.17. The highest BCUT2D eigenvalue weighted by molar-refractivity contribution is 9.10. The highest BCUT2D eigenvalue weighted by Gasteiger charge is 2.19. The van der Waals surface area contributed by atoms with Crippen LogP contribution in [0.4, 0.5) is 0 Å². The first-order chi connectivity index (χ1) is 8.04. The van der Waals surface area contributed by atoms with Gasteiger partial charge in [-0.2, -0.15) is 0 Å². The van der Waals surface area contributed by atoms with E-state index in [1.165, 1.54) is 0 Å². The summed E-state index contributed by atoms with van der Waals surface area (Å²) < 4.78 is 7.02. The van der Waals surface area contributed by atoms with E-state index in [0.717, 1.165) is 23.1 Å². The van der Waals surface area contributed by atoms with Gasteiger partial charge in [0.05, 0.1) is 6.10 Å². The molecule has 0 aliphatic heterocycles. The van der Waals surface area contributed by atoms with E-state index in [9.17, 15) is 0 Å². The fourth-order valence-corrected chi connectivity index (χ4v) is 2.08. The molecule has 0 radical (unpaired) electrons. The maximum atomic E-state index is 6.15. The standard InChI is InChI=1S/C14H22BrNO/c1-4-13(16)14(17-9-10(2)3)11-6-5-7-12(15)8-11/h5-8,10,13-14H,4,9,16H2,1-3H3. The van der Waals surface area contributed by atoms with Crippen LogP contribution >= 0.6 is 15.9 Å². The van der Waals surface area contributed by atoms with Crippen LogP contribution in [0.2, 0.25) is 0 Å². The van der Waals surface area contributed by atoms with Crippen molar-refractivity contribution in [3.8, 4) is 0 Å². The van der Waals surface area contributed by atoms with Gasteiger partial charge < -0.3 is 10.5 Å². The summed E-state index contributed by atoms with van der Waals surface area (Å²) in [5.41, 5.74) is 7.29. The molecule has 0 aliphatic carbocycles. The minimum atomic E-state index is -0.0140. The molecule has 0 aliphatic rings. The molecule has 0 bridgehead atoms. The van der Waals surface area contributed by atoms with Crippen molar-refractivity contribution in [2.75, 3.05) is 6.61 Å². The lowest BCUT2D eigenvalue weighted by atomic mass is 10.0. The Hall–Kier alpha value is -0.380. The Labute approximate surface area is 113 Å². The number of rotatable bonds is 6. The van der Waals surface area contributed by atoms with Crippen molar-refractivity contribution < 1.29 is 4.74 Å². The van der Waals surface area contributed by atoms with Crippen molar-refractivity contribution in [1.82, 2.24) is 0 Å². The highest BCUT2D eigenvalue weighted by atomic mass is 79.9. The zero-order valence-corrected chi connectivity index (χ0v) is 12.4. The Morgan fingerprint density at radius 1 is 1.35 bits per heavy atom. The normalized spacial score (nSPS) is 14.9. The summed E-state index contributed by atoms with van der Waals surface area (Å²) in [5, 5.41) is 0. The Morgan fingerprint density at radius 3 is 2.59 bits per heavy atom. The SMILES string of the molecule is CCC(N)C(OCC(C)C)c1cccc(Br)c1. The molecule has 0 aromatic heterocycles. The molecule has 1 rings (SSSR count). The van der Waals surface area contributed by atoms with E-state index >= 15 is 0 Å². The number of halogens is 1. The lowest BCUT2D eigenvalue weighted by Crippen LogP contribution is -2.30. The molecule has 17 heavy (non-hydrogen) atoms. The van der Waals surface area contributed by atoms with Crippen molar-refractivity contribution in [2.24, 2.45) is 11.7 Å². The second-order valence-electron chi connectivity index (χ2n) is 4.77. The maximum Gasteiger partial charge on any atom is 0.0976 e. The van der Waals surface area contributed by atoms with Crippen molar-refractivity contribution in [3.05, 3.63) is 34.3 Å². The largest absolute Gasteiger partial charge is 0.372 e. The van der Waals surface area contributed by atoms with Gasteiger partial charge in [0.15, 0.2) is 0 Å². The fourth-order valence-electron chi connectivity index (χ4n) is 1.66. The lowest BCUT2D eigenvalue weighted by Gasteiger charge is -2.25. The molecule has 1 aromatic rings. The van der Waals surface area contributed by atoms with E-state index in [2.05, 4.69) is 48.8 Å². The molecule has 96 valence electrons. The van der Waals surface area contributed by atoms with Gasteiger partial charge in [-0.1, -0.05) is 48.8 Å². The van der Waals surface area contributed by atoms with E-state index < -0.39 is 0 Å². The number of hydrogen-bond acceptors (Lipinski definition) is 2. The van der Waals surface area contributed by atoms with Gasteiger partial charge >= 0.3 is 0 Å². The summed E-state index contributed by atoms with van der Waals surface area (Å²) in [7, 11) is 0. The Balaban J connectivity index is 2.82. The lowest BCUT2D eigenvalue weighted by molar-refractivity contribution is 0.0177. The molecule has 0 saturated carbocycles. The van der Waals surface area contributed by atoms with E-state index in [1.54, 1.807) is 0 Å². The van der Waals surface area contributed by atoms with Crippen LogP contribution < -0.4 is 5.73 Å².